The van der Waals surface area contributed by atoms with Gasteiger partial charge in [-0.1, -0.05) is 23.9 Å². The van der Waals surface area contributed by atoms with Gasteiger partial charge in [0.25, 0.3) is 5.22 Å². The Morgan fingerprint density at radius 2 is 2.05 bits per heavy atom. The fourth-order valence-electron chi connectivity index (χ4n) is 1.83. The molecule has 1 unspecified atom stereocenters. The lowest BCUT2D eigenvalue weighted by Crippen LogP contribution is -2.18. The number of nitrogens with zero attached hydrogens (tertiary/aromatic N) is 1. The molecule has 1 aromatic heterocycles. The summed E-state index contributed by atoms with van der Waals surface area (Å²) in [6.45, 7) is 4.05. The molecule has 20 heavy (non-hydrogen) atoms. The van der Waals surface area contributed by atoms with E-state index in [1.807, 2.05) is 33.0 Å². The highest BCUT2D eigenvalue weighted by Gasteiger charge is 2.11. The van der Waals surface area contributed by atoms with E-state index in [4.69, 9.17) is 9.15 Å². The van der Waals surface area contributed by atoms with Gasteiger partial charge in [-0.05, 0) is 38.6 Å². The van der Waals surface area contributed by atoms with Crippen molar-refractivity contribution in [3.63, 3.8) is 0 Å². The molecule has 108 valence electrons. The average molecular weight is 292 g/mol. The summed E-state index contributed by atoms with van der Waals surface area (Å²) in [6, 6.07) is 8.45. The quantitative estimate of drug-likeness (QED) is 0.791. The molecule has 1 heterocycles. The Bertz CT molecular complexity index is 497. The summed E-state index contributed by atoms with van der Waals surface area (Å²) in [5.74, 6) is 1.76. The summed E-state index contributed by atoms with van der Waals surface area (Å²) in [6.07, 6.45) is 3.45. The van der Waals surface area contributed by atoms with Crippen LogP contribution < -0.4 is 10.1 Å². The van der Waals surface area contributed by atoms with Crippen molar-refractivity contribution >= 4 is 11.8 Å². The molecule has 0 aliphatic carbocycles. The van der Waals surface area contributed by atoms with Crippen molar-refractivity contribution in [3.05, 3.63) is 42.3 Å². The maximum absolute atomic E-state index is 5.65. The van der Waals surface area contributed by atoms with Crippen molar-refractivity contribution in [1.29, 1.82) is 0 Å². The predicted octanol–water partition coefficient (Wildman–Crippen LogP) is 3.51. The number of thioether (sulfide) groups is 1. The van der Waals surface area contributed by atoms with Crippen molar-refractivity contribution in [2.75, 3.05) is 12.8 Å². The van der Waals surface area contributed by atoms with Gasteiger partial charge in [0.05, 0.1) is 12.3 Å². The minimum Gasteiger partial charge on any atom is -0.491 e. The van der Waals surface area contributed by atoms with E-state index < -0.39 is 0 Å². The van der Waals surface area contributed by atoms with Gasteiger partial charge >= 0.3 is 0 Å². The number of nitrogens with one attached hydrogen (secondary N) is 1. The zero-order valence-electron chi connectivity index (χ0n) is 12.0. The maximum Gasteiger partial charge on any atom is 0.255 e. The van der Waals surface area contributed by atoms with Crippen molar-refractivity contribution in [2.45, 2.75) is 31.2 Å². The van der Waals surface area contributed by atoms with E-state index in [2.05, 4.69) is 22.4 Å². The van der Waals surface area contributed by atoms with Gasteiger partial charge in [-0.2, -0.15) is 0 Å². The average Bonchev–Trinajstić information content (AvgIpc) is 2.94. The Kier molecular flexibility index (Phi) is 5.49. The molecule has 0 spiro atoms. The van der Waals surface area contributed by atoms with Crippen LogP contribution in [0.15, 0.2) is 46.4 Å². The first kappa shape index (κ1) is 14.9. The van der Waals surface area contributed by atoms with E-state index in [9.17, 15) is 0 Å². The summed E-state index contributed by atoms with van der Waals surface area (Å²) >= 11 is 1.60. The first-order valence-electron chi connectivity index (χ1n) is 6.65. The number of ether oxygens (including phenoxy) is 1. The van der Waals surface area contributed by atoms with Crippen LogP contribution in [0.5, 0.6) is 5.75 Å². The molecular formula is C15H20N2O2S. The second kappa shape index (κ2) is 7.36. The molecule has 1 atom stereocenters. The van der Waals surface area contributed by atoms with Gasteiger partial charge in [-0.25, -0.2) is 4.98 Å². The molecule has 2 rings (SSSR count). The molecule has 0 fully saturated rings. The predicted molar refractivity (Wildman–Crippen MR) is 81.2 cm³/mol. The molecule has 0 radical (unpaired) electrons. The Balaban J connectivity index is 1.96. The van der Waals surface area contributed by atoms with Gasteiger partial charge < -0.3 is 14.5 Å². The lowest BCUT2D eigenvalue weighted by molar-refractivity contribution is 0.242. The van der Waals surface area contributed by atoms with Crippen molar-refractivity contribution in [1.82, 2.24) is 10.3 Å². The molecule has 1 N–H and O–H groups in total. The van der Waals surface area contributed by atoms with E-state index in [0.717, 1.165) is 11.5 Å². The monoisotopic (exact) mass is 292 g/mol. The van der Waals surface area contributed by atoms with Crippen molar-refractivity contribution < 1.29 is 9.15 Å². The third-order valence-corrected chi connectivity index (χ3v) is 3.73. The third-order valence-electron chi connectivity index (χ3n) is 2.79. The van der Waals surface area contributed by atoms with Gasteiger partial charge in [-0.3, -0.25) is 0 Å². The highest BCUT2D eigenvalue weighted by Crippen LogP contribution is 2.25. The number of aromatic nitrogens is 1. The van der Waals surface area contributed by atoms with E-state index in [1.165, 1.54) is 5.56 Å². The number of benzene rings is 1. The lowest BCUT2D eigenvalue weighted by atomic mass is 10.1. The zero-order valence-corrected chi connectivity index (χ0v) is 12.8. The first-order valence-corrected chi connectivity index (χ1v) is 7.63. The van der Waals surface area contributed by atoms with Crippen LogP contribution in [0, 0.1) is 0 Å². The third kappa shape index (κ3) is 4.28. The summed E-state index contributed by atoms with van der Waals surface area (Å²) in [5.41, 5.74) is 1.22. The molecule has 0 saturated carbocycles. The summed E-state index contributed by atoms with van der Waals surface area (Å²) in [5, 5.41) is 4.01. The van der Waals surface area contributed by atoms with E-state index >= 15 is 0 Å². The summed E-state index contributed by atoms with van der Waals surface area (Å²) in [4.78, 5) is 4.11. The second-order valence-electron chi connectivity index (χ2n) is 4.69. The van der Waals surface area contributed by atoms with Crippen LogP contribution in [0.1, 0.15) is 25.5 Å². The summed E-state index contributed by atoms with van der Waals surface area (Å²) in [7, 11) is 1.96. The standard InChI is InChI=1S/C15H20N2O2S/c1-11(2)19-13-6-4-12(5-7-13)14(16-3)10-20-15-17-8-9-18-15/h4-9,11,14,16H,10H2,1-3H3. The number of hydrogen-bond donors (Lipinski definition) is 1. The molecular weight excluding hydrogens is 272 g/mol. The van der Waals surface area contributed by atoms with E-state index in [0.29, 0.717) is 5.22 Å². The highest BCUT2D eigenvalue weighted by molar-refractivity contribution is 7.99. The normalized spacial score (nSPS) is 12.6. The fourth-order valence-corrected chi connectivity index (χ4v) is 2.76. The smallest absolute Gasteiger partial charge is 0.255 e. The molecule has 1 aromatic carbocycles. The highest BCUT2D eigenvalue weighted by atomic mass is 32.2. The van der Waals surface area contributed by atoms with Gasteiger partial charge in [0.2, 0.25) is 0 Å². The van der Waals surface area contributed by atoms with Crippen LogP contribution in [-0.2, 0) is 0 Å². The van der Waals surface area contributed by atoms with Crippen LogP contribution in [0.2, 0.25) is 0 Å². The number of rotatable bonds is 7. The minimum atomic E-state index is 0.196. The largest absolute Gasteiger partial charge is 0.491 e. The molecule has 4 nitrogen and oxygen atoms in total. The van der Waals surface area contributed by atoms with E-state index in [-0.39, 0.29) is 12.1 Å². The second-order valence-corrected chi connectivity index (χ2v) is 5.66. The summed E-state index contributed by atoms with van der Waals surface area (Å²) < 4.78 is 10.9. The van der Waals surface area contributed by atoms with E-state index in [1.54, 1.807) is 24.2 Å². The Morgan fingerprint density at radius 3 is 2.60 bits per heavy atom. The van der Waals surface area contributed by atoms with Gasteiger partial charge in [0, 0.05) is 11.8 Å². The molecule has 5 heteroatoms. The molecule has 0 aliphatic heterocycles. The van der Waals surface area contributed by atoms with Crippen LogP contribution in [-0.4, -0.2) is 23.9 Å². The van der Waals surface area contributed by atoms with Gasteiger partial charge in [-0.15, -0.1) is 0 Å². The molecule has 0 saturated heterocycles. The molecule has 0 amide bonds. The molecule has 0 aliphatic rings. The Morgan fingerprint density at radius 1 is 1.30 bits per heavy atom. The molecule has 2 aromatic rings. The Labute approximate surface area is 123 Å². The fraction of sp³-hybridized carbons (Fsp3) is 0.400. The number of hydrogen-bond acceptors (Lipinski definition) is 5. The van der Waals surface area contributed by atoms with Crippen LogP contribution in [0.25, 0.3) is 0 Å². The lowest BCUT2D eigenvalue weighted by Gasteiger charge is -2.16. The van der Waals surface area contributed by atoms with Crippen LogP contribution in [0.3, 0.4) is 0 Å². The maximum atomic E-state index is 5.65. The topological polar surface area (TPSA) is 47.3 Å². The van der Waals surface area contributed by atoms with Crippen LogP contribution in [0.4, 0.5) is 0 Å². The SMILES string of the molecule is CNC(CSc1ncco1)c1ccc(OC(C)C)cc1. The number of oxazole rings is 1. The van der Waals surface area contributed by atoms with Crippen molar-refractivity contribution in [3.8, 4) is 5.75 Å². The minimum absolute atomic E-state index is 0.196. The zero-order chi connectivity index (χ0) is 14.4. The Hall–Kier alpha value is -1.46. The van der Waals surface area contributed by atoms with Crippen LogP contribution >= 0.6 is 11.8 Å². The van der Waals surface area contributed by atoms with Gasteiger partial charge in [0.1, 0.15) is 12.0 Å². The first-order chi connectivity index (χ1) is 9.69. The van der Waals surface area contributed by atoms with Gasteiger partial charge in [0.15, 0.2) is 0 Å². The van der Waals surface area contributed by atoms with Crippen molar-refractivity contribution in [2.24, 2.45) is 0 Å². The molecule has 0 bridgehead atoms.